The first kappa shape index (κ1) is 13.6. The summed E-state index contributed by atoms with van der Waals surface area (Å²) >= 11 is 0. The topological polar surface area (TPSA) is 66.4 Å². The summed E-state index contributed by atoms with van der Waals surface area (Å²) in [7, 11) is 0. The van der Waals surface area contributed by atoms with Gasteiger partial charge in [0, 0.05) is 6.54 Å². The van der Waals surface area contributed by atoms with Gasteiger partial charge < -0.3 is 10.4 Å². The van der Waals surface area contributed by atoms with E-state index >= 15 is 0 Å². The molecule has 0 saturated heterocycles. The Balaban J connectivity index is 2.66. The fraction of sp³-hybridized carbons (Fsp3) is 0.692. The summed E-state index contributed by atoms with van der Waals surface area (Å²) in [5.74, 6) is 3.67. The van der Waals surface area contributed by atoms with E-state index in [1.165, 1.54) is 0 Å². The summed E-state index contributed by atoms with van der Waals surface area (Å²) in [4.78, 5) is 22.7. The van der Waals surface area contributed by atoms with E-state index in [0.29, 0.717) is 12.8 Å². The van der Waals surface area contributed by atoms with E-state index in [0.717, 1.165) is 25.7 Å². The third kappa shape index (κ3) is 3.77. The van der Waals surface area contributed by atoms with Gasteiger partial charge in [0.05, 0.1) is 5.41 Å². The summed E-state index contributed by atoms with van der Waals surface area (Å²) in [6, 6.07) is 0. The fourth-order valence-corrected chi connectivity index (χ4v) is 2.28. The molecule has 1 aliphatic carbocycles. The molecule has 1 aliphatic rings. The van der Waals surface area contributed by atoms with Crippen molar-refractivity contribution in [3.05, 3.63) is 0 Å². The van der Waals surface area contributed by atoms with Gasteiger partial charge in [-0.1, -0.05) is 31.6 Å². The largest absolute Gasteiger partial charge is 0.481 e. The van der Waals surface area contributed by atoms with Gasteiger partial charge in [-0.2, -0.15) is 0 Å². The van der Waals surface area contributed by atoms with Crippen molar-refractivity contribution >= 4 is 11.9 Å². The molecule has 0 unspecified atom stereocenters. The second-order valence-electron chi connectivity index (χ2n) is 4.56. The first-order valence-corrected chi connectivity index (χ1v) is 6.05. The first-order valence-electron chi connectivity index (χ1n) is 6.05. The van der Waals surface area contributed by atoms with E-state index < -0.39 is 17.3 Å². The van der Waals surface area contributed by atoms with Crippen LogP contribution in [-0.2, 0) is 9.59 Å². The van der Waals surface area contributed by atoms with E-state index in [1.54, 1.807) is 6.92 Å². The van der Waals surface area contributed by atoms with Crippen molar-refractivity contribution in [2.45, 2.75) is 45.4 Å². The van der Waals surface area contributed by atoms with E-state index in [1.807, 2.05) is 0 Å². The molecule has 4 nitrogen and oxygen atoms in total. The van der Waals surface area contributed by atoms with Crippen LogP contribution in [0.15, 0.2) is 0 Å². The number of carboxylic acid groups (broad SMARTS) is 1. The number of hydrogen-bond donors (Lipinski definition) is 2. The molecule has 0 aliphatic heterocycles. The third-order valence-corrected chi connectivity index (χ3v) is 3.34. The zero-order chi connectivity index (χ0) is 12.7. The maximum atomic E-state index is 11.4. The monoisotopic (exact) mass is 237 g/mol. The van der Waals surface area contributed by atoms with Crippen molar-refractivity contribution in [2.24, 2.45) is 5.41 Å². The van der Waals surface area contributed by atoms with Gasteiger partial charge in [0.15, 0.2) is 0 Å². The Morgan fingerprint density at radius 3 is 2.29 bits per heavy atom. The molecule has 1 saturated carbocycles. The van der Waals surface area contributed by atoms with Gasteiger partial charge in [-0.3, -0.25) is 9.59 Å². The van der Waals surface area contributed by atoms with Crippen LogP contribution in [-0.4, -0.2) is 23.5 Å². The lowest BCUT2D eigenvalue weighted by Gasteiger charge is -2.27. The van der Waals surface area contributed by atoms with Crippen LogP contribution in [0.5, 0.6) is 0 Å². The molecule has 0 atom stereocenters. The van der Waals surface area contributed by atoms with Crippen LogP contribution in [0.1, 0.15) is 45.4 Å². The zero-order valence-corrected chi connectivity index (χ0v) is 10.2. The smallest absolute Gasteiger partial charge is 0.311 e. The molecular formula is C13H19NO3. The maximum Gasteiger partial charge on any atom is 0.311 e. The minimum absolute atomic E-state index is 0.190. The Kier molecular flexibility index (Phi) is 5.02. The molecule has 0 spiro atoms. The van der Waals surface area contributed by atoms with Gasteiger partial charge in [-0.05, 0) is 25.7 Å². The Morgan fingerprint density at radius 1 is 1.24 bits per heavy atom. The van der Waals surface area contributed by atoms with Crippen LogP contribution >= 0.6 is 0 Å². The lowest BCUT2D eigenvalue weighted by Crippen LogP contribution is -2.42. The molecule has 0 heterocycles. The van der Waals surface area contributed by atoms with Gasteiger partial charge in [0.2, 0.25) is 0 Å². The highest BCUT2D eigenvalue weighted by atomic mass is 16.4. The highest BCUT2D eigenvalue weighted by Crippen LogP contribution is 2.34. The number of nitrogens with one attached hydrogen (secondary N) is 1. The molecule has 1 amide bonds. The number of hydrogen-bond acceptors (Lipinski definition) is 2. The summed E-state index contributed by atoms with van der Waals surface area (Å²) < 4.78 is 0. The molecule has 0 aromatic heterocycles. The lowest BCUT2D eigenvalue weighted by molar-refractivity contribution is -0.149. The van der Waals surface area contributed by atoms with Crippen molar-refractivity contribution < 1.29 is 14.7 Å². The Labute approximate surface area is 102 Å². The minimum Gasteiger partial charge on any atom is -0.481 e. The third-order valence-electron chi connectivity index (χ3n) is 3.34. The van der Waals surface area contributed by atoms with Gasteiger partial charge in [0.25, 0.3) is 5.91 Å². The van der Waals surface area contributed by atoms with E-state index in [4.69, 9.17) is 0 Å². The molecule has 17 heavy (non-hydrogen) atoms. The fourth-order valence-electron chi connectivity index (χ4n) is 2.28. The van der Waals surface area contributed by atoms with Gasteiger partial charge >= 0.3 is 5.97 Å². The summed E-state index contributed by atoms with van der Waals surface area (Å²) in [6.07, 6.45) is 5.28. The zero-order valence-electron chi connectivity index (χ0n) is 10.2. The Hall–Kier alpha value is -1.50. The summed E-state index contributed by atoms with van der Waals surface area (Å²) in [6.45, 7) is 1.77. The van der Waals surface area contributed by atoms with Crippen molar-refractivity contribution in [3.8, 4) is 11.8 Å². The SMILES string of the molecule is CC#CC(=O)NCC1(C(=O)O)CCCCCC1. The lowest BCUT2D eigenvalue weighted by atomic mass is 9.80. The first-order chi connectivity index (χ1) is 8.10. The number of carbonyl (C=O) groups is 2. The van der Waals surface area contributed by atoms with Gasteiger partial charge in [-0.15, -0.1) is 0 Å². The molecule has 94 valence electrons. The number of rotatable bonds is 3. The predicted molar refractivity (Wildman–Crippen MR) is 64.2 cm³/mol. The van der Waals surface area contributed by atoms with Crippen molar-refractivity contribution in [2.75, 3.05) is 6.54 Å². The average Bonchev–Trinajstić information content (AvgIpc) is 2.53. The highest BCUT2D eigenvalue weighted by molar-refractivity contribution is 5.93. The van der Waals surface area contributed by atoms with Gasteiger partial charge in [-0.25, -0.2) is 0 Å². The normalized spacial score (nSPS) is 18.4. The summed E-state index contributed by atoms with van der Waals surface area (Å²) in [5.41, 5.74) is -0.790. The molecule has 2 N–H and O–H groups in total. The van der Waals surface area contributed by atoms with E-state index in [9.17, 15) is 14.7 Å². The van der Waals surface area contributed by atoms with E-state index in [-0.39, 0.29) is 6.54 Å². The van der Waals surface area contributed by atoms with Crippen LogP contribution < -0.4 is 5.32 Å². The second-order valence-corrected chi connectivity index (χ2v) is 4.56. The van der Waals surface area contributed by atoms with Crippen LogP contribution in [0.25, 0.3) is 0 Å². The molecule has 0 aromatic carbocycles. The van der Waals surface area contributed by atoms with E-state index in [2.05, 4.69) is 17.2 Å². The number of carboxylic acids is 1. The standard InChI is InChI=1S/C13H19NO3/c1-2-7-11(15)14-10-13(12(16)17)8-5-3-4-6-9-13/h3-6,8-10H2,1H3,(H,14,15)(H,16,17). The molecule has 1 fully saturated rings. The van der Waals surface area contributed by atoms with Crippen molar-refractivity contribution in [1.82, 2.24) is 5.32 Å². The molecule has 0 radical (unpaired) electrons. The van der Waals surface area contributed by atoms with Gasteiger partial charge in [0.1, 0.15) is 0 Å². The van der Waals surface area contributed by atoms with Crippen LogP contribution in [0.2, 0.25) is 0 Å². The average molecular weight is 237 g/mol. The van der Waals surface area contributed by atoms with Crippen LogP contribution in [0, 0.1) is 17.3 Å². The molecule has 0 aromatic rings. The minimum atomic E-state index is -0.802. The van der Waals surface area contributed by atoms with Crippen LogP contribution in [0.3, 0.4) is 0 Å². The Bertz CT molecular complexity index is 343. The highest BCUT2D eigenvalue weighted by Gasteiger charge is 2.38. The quantitative estimate of drug-likeness (QED) is 0.578. The van der Waals surface area contributed by atoms with Crippen molar-refractivity contribution in [3.63, 3.8) is 0 Å². The Morgan fingerprint density at radius 2 is 1.82 bits per heavy atom. The molecule has 0 bridgehead atoms. The molecule has 4 heteroatoms. The number of aliphatic carboxylic acids is 1. The summed E-state index contributed by atoms with van der Waals surface area (Å²) in [5, 5.41) is 12.0. The second kappa shape index (κ2) is 6.29. The molecular weight excluding hydrogens is 218 g/mol. The van der Waals surface area contributed by atoms with Crippen molar-refractivity contribution in [1.29, 1.82) is 0 Å². The maximum absolute atomic E-state index is 11.4. The molecule has 1 rings (SSSR count). The number of carbonyl (C=O) groups excluding carboxylic acids is 1. The predicted octanol–water partition coefficient (Wildman–Crippen LogP) is 1.55. The van der Waals surface area contributed by atoms with Crippen LogP contribution in [0.4, 0.5) is 0 Å². The number of amides is 1.